The highest BCUT2D eigenvalue weighted by Crippen LogP contribution is 2.36. The van der Waals surface area contributed by atoms with E-state index in [1.54, 1.807) is 7.11 Å². The largest absolute Gasteiger partial charge is 0.496 e. The number of rotatable bonds is 4. The van der Waals surface area contributed by atoms with Crippen LogP contribution in [-0.2, 0) is 0 Å². The molecule has 126 valence electrons. The molecule has 2 N–H and O–H groups in total. The summed E-state index contributed by atoms with van der Waals surface area (Å²) in [6.07, 6.45) is 3.41. The summed E-state index contributed by atoms with van der Waals surface area (Å²) in [6, 6.07) is 9.06. The minimum Gasteiger partial charge on any atom is -0.496 e. The lowest BCUT2D eigenvalue weighted by molar-refractivity contribution is 0.0930. The van der Waals surface area contributed by atoms with Crippen molar-refractivity contribution in [2.45, 2.75) is 44.3 Å². The molecule has 0 radical (unpaired) electrons. The van der Waals surface area contributed by atoms with E-state index in [-0.39, 0.29) is 11.9 Å². The fourth-order valence-corrected chi connectivity index (χ4v) is 4.79. The summed E-state index contributed by atoms with van der Waals surface area (Å²) in [5.74, 6) is 0.733. The van der Waals surface area contributed by atoms with Crippen molar-refractivity contribution in [3.8, 4) is 16.2 Å². The second-order valence-corrected chi connectivity index (χ2v) is 7.50. The van der Waals surface area contributed by atoms with Gasteiger partial charge in [0.25, 0.3) is 5.91 Å². The standard InChI is InChI=1S/C18H21N3O2S/c1-10-16(12-5-3-4-6-15(12)23-2)24-18(19-10)17(22)21-14-9-11-7-8-13(14)20-11/h3-6,11,13-14,20H,7-9H2,1-2H3,(H,21,22). The summed E-state index contributed by atoms with van der Waals surface area (Å²) >= 11 is 1.43. The number of carbonyl (C=O) groups excluding carboxylic acids is 1. The molecule has 0 saturated carbocycles. The molecule has 3 unspecified atom stereocenters. The fourth-order valence-electron chi connectivity index (χ4n) is 3.79. The van der Waals surface area contributed by atoms with Gasteiger partial charge in [-0.05, 0) is 38.3 Å². The van der Waals surface area contributed by atoms with Crippen molar-refractivity contribution in [1.82, 2.24) is 15.6 Å². The van der Waals surface area contributed by atoms with Crippen LogP contribution >= 0.6 is 11.3 Å². The number of methoxy groups -OCH3 is 1. The van der Waals surface area contributed by atoms with Crippen LogP contribution in [0, 0.1) is 6.92 Å². The lowest BCUT2D eigenvalue weighted by atomic mass is 9.95. The number of para-hydroxylation sites is 1. The molecule has 2 aliphatic heterocycles. The van der Waals surface area contributed by atoms with Crippen LogP contribution in [0.3, 0.4) is 0 Å². The molecule has 5 nitrogen and oxygen atoms in total. The molecule has 1 aromatic heterocycles. The van der Waals surface area contributed by atoms with Crippen LogP contribution < -0.4 is 15.4 Å². The van der Waals surface area contributed by atoms with Crippen molar-refractivity contribution in [3.63, 3.8) is 0 Å². The van der Waals surface area contributed by atoms with Gasteiger partial charge in [-0.2, -0.15) is 0 Å². The molecular weight excluding hydrogens is 322 g/mol. The van der Waals surface area contributed by atoms with Crippen molar-refractivity contribution in [2.75, 3.05) is 7.11 Å². The van der Waals surface area contributed by atoms with Gasteiger partial charge in [-0.1, -0.05) is 12.1 Å². The van der Waals surface area contributed by atoms with Crippen molar-refractivity contribution in [1.29, 1.82) is 0 Å². The first kappa shape index (κ1) is 15.6. The molecule has 1 aromatic carbocycles. The van der Waals surface area contributed by atoms with Gasteiger partial charge in [-0.15, -0.1) is 11.3 Å². The quantitative estimate of drug-likeness (QED) is 0.896. The van der Waals surface area contributed by atoms with Crippen molar-refractivity contribution < 1.29 is 9.53 Å². The molecule has 1 amide bonds. The maximum absolute atomic E-state index is 12.6. The number of aryl methyl sites for hydroxylation is 1. The Morgan fingerprint density at radius 3 is 2.92 bits per heavy atom. The topological polar surface area (TPSA) is 63.2 Å². The van der Waals surface area contributed by atoms with Gasteiger partial charge < -0.3 is 15.4 Å². The molecule has 0 aliphatic carbocycles. The number of nitrogens with one attached hydrogen (secondary N) is 2. The number of thiazole rings is 1. The second kappa shape index (κ2) is 6.18. The highest BCUT2D eigenvalue weighted by atomic mass is 32.1. The Morgan fingerprint density at radius 1 is 1.38 bits per heavy atom. The SMILES string of the molecule is COc1ccccc1-c1sc(C(=O)NC2CC3CCC2N3)nc1C. The zero-order valence-corrected chi connectivity index (χ0v) is 14.7. The smallest absolute Gasteiger partial charge is 0.280 e. The lowest BCUT2D eigenvalue weighted by Gasteiger charge is -2.20. The molecule has 2 fully saturated rings. The molecule has 2 aliphatic rings. The van der Waals surface area contributed by atoms with Gasteiger partial charge in [-0.25, -0.2) is 4.98 Å². The number of hydrogen-bond donors (Lipinski definition) is 2. The van der Waals surface area contributed by atoms with E-state index < -0.39 is 0 Å². The molecule has 4 rings (SSSR count). The third-order valence-electron chi connectivity index (χ3n) is 4.96. The predicted octanol–water partition coefficient (Wildman–Crippen LogP) is 2.75. The maximum atomic E-state index is 12.6. The number of hydrogen-bond acceptors (Lipinski definition) is 5. The Balaban J connectivity index is 1.56. The maximum Gasteiger partial charge on any atom is 0.280 e. The molecule has 3 heterocycles. The van der Waals surface area contributed by atoms with Crippen molar-refractivity contribution in [3.05, 3.63) is 35.0 Å². The Bertz CT molecular complexity index is 773. The Hall–Kier alpha value is -1.92. The number of benzene rings is 1. The average Bonchev–Trinajstić information content (AvgIpc) is 3.30. The Kier molecular flexibility index (Phi) is 4.02. The Labute approximate surface area is 145 Å². The number of fused-ring (bicyclic) bond motifs is 2. The first-order chi connectivity index (χ1) is 11.7. The van der Waals surface area contributed by atoms with Gasteiger partial charge in [0.05, 0.1) is 17.7 Å². The summed E-state index contributed by atoms with van der Waals surface area (Å²) in [7, 11) is 1.66. The first-order valence-corrected chi connectivity index (χ1v) is 9.15. The van der Waals surface area contributed by atoms with Gasteiger partial charge >= 0.3 is 0 Å². The molecular formula is C18H21N3O2S. The summed E-state index contributed by atoms with van der Waals surface area (Å²) in [5.41, 5.74) is 1.84. The van der Waals surface area contributed by atoms with Gasteiger partial charge in [0.1, 0.15) is 5.75 Å². The van der Waals surface area contributed by atoms with E-state index >= 15 is 0 Å². The second-order valence-electron chi connectivity index (χ2n) is 6.50. The summed E-state index contributed by atoms with van der Waals surface area (Å²) < 4.78 is 5.44. The highest BCUT2D eigenvalue weighted by Gasteiger charge is 2.40. The molecule has 3 atom stereocenters. The van der Waals surface area contributed by atoms with Crippen LogP contribution in [0.25, 0.3) is 10.4 Å². The number of ether oxygens (including phenoxy) is 1. The van der Waals surface area contributed by atoms with Crippen molar-refractivity contribution >= 4 is 17.2 Å². The average molecular weight is 343 g/mol. The monoisotopic (exact) mass is 343 g/mol. The highest BCUT2D eigenvalue weighted by molar-refractivity contribution is 7.17. The van der Waals surface area contributed by atoms with E-state index in [2.05, 4.69) is 15.6 Å². The summed E-state index contributed by atoms with van der Waals surface area (Å²) in [5, 5.41) is 7.23. The molecule has 2 aromatic rings. The van der Waals surface area contributed by atoms with Gasteiger partial charge in [0.2, 0.25) is 0 Å². The molecule has 2 saturated heterocycles. The summed E-state index contributed by atoms with van der Waals surface area (Å²) in [4.78, 5) is 18.1. The number of nitrogens with zero attached hydrogens (tertiary/aromatic N) is 1. The third-order valence-corrected chi connectivity index (χ3v) is 6.15. The third kappa shape index (κ3) is 2.70. The van der Waals surface area contributed by atoms with Crippen LogP contribution in [0.15, 0.2) is 24.3 Å². The predicted molar refractivity (Wildman–Crippen MR) is 94.7 cm³/mol. The fraction of sp³-hybridized carbons (Fsp3) is 0.444. The van der Waals surface area contributed by atoms with E-state index in [9.17, 15) is 4.79 Å². The van der Waals surface area contributed by atoms with Crippen LogP contribution in [0.1, 0.15) is 34.8 Å². The van der Waals surface area contributed by atoms with Crippen LogP contribution in [0.5, 0.6) is 5.75 Å². The van der Waals surface area contributed by atoms with Gasteiger partial charge in [-0.3, -0.25) is 4.79 Å². The van der Waals surface area contributed by atoms with E-state index in [1.807, 2.05) is 31.2 Å². The van der Waals surface area contributed by atoms with E-state index in [4.69, 9.17) is 4.74 Å². The number of amides is 1. The van der Waals surface area contributed by atoms with Crippen LogP contribution in [-0.4, -0.2) is 36.1 Å². The minimum atomic E-state index is -0.0661. The zero-order valence-electron chi connectivity index (χ0n) is 13.8. The van der Waals surface area contributed by atoms with Gasteiger partial charge in [0.15, 0.2) is 5.01 Å². The van der Waals surface area contributed by atoms with Crippen molar-refractivity contribution in [2.24, 2.45) is 0 Å². The summed E-state index contributed by atoms with van der Waals surface area (Å²) in [6.45, 7) is 1.94. The lowest BCUT2D eigenvalue weighted by Crippen LogP contribution is -2.42. The molecule has 6 heteroatoms. The van der Waals surface area contributed by atoms with E-state index in [1.165, 1.54) is 17.8 Å². The molecule has 2 bridgehead atoms. The minimum absolute atomic E-state index is 0.0661. The first-order valence-electron chi connectivity index (χ1n) is 8.33. The van der Waals surface area contributed by atoms with Gasteiger partial charge in [0, 0.05) is 23.7 Å². The Morgan fingerprint density at radius 2 is 2.21 bits per heavy atom. The van der Waals surface area contributed by atoms with E-state index in [0.717, 1.165) is 34.7 Å². The van der Waals surface area contributed by atoms with Crippen LogP contribution in [0.2, 0.25) is 0 Å². The number of carbonyl (C=O) groups is 1. The van der Waals surface area contributed by atoms with Crippen LogP contribution in [0.4, 0.5) is 0 Å². The molecule has 0 spiro atoms. The normalized spacial score (nSPS) is 25.0. The van der Waals surface area contributed by atoms with E-state index in [0.29, 0.717) is 17.1 Å². The zero-order chi connectivity index (χ0) is 16.7. The molecule has 24 heavy (non-hydrogen) atoms. The number of aromatic nitrogens is 1.